The van der Waals surface area contributed by atoms with Gasteiger partial charge in [0.05, 0.1) is 22.9 Å². The van der Waals surface area contributed by atoms with Crippen LogP contribution in [0.2, 0.25) is 0 Å². The molecule has 0 radical (unpaired) electrons. The average Bonchev–Trinajstić information content (AvgIpc) is 3.54. The van der Waals surface area contributed by atoms with E-state index in [1.165, 1.54) is 0 Å². The van der Waals surface area contributed by atoms with E-state index in [0.29, 0.717) is 35.9 Å². The molecule has 2 aromatic carbocycles. The molecule has 1 amide bonds. The van der Waals surface area contributed by atoms with Crippen molar-refractivity contribution in [1.29, 1.82) is 0 Å². The number of carbonyl (C=O) groups is 1. The Morgan fingerprint density at radius 3 is 2.61 bits per heavy atom. The molecule has 0 N–H and O–H groups in total. The number of hydrogen-bond donors (Lipinski definition) is 0. The van der Waals surface area contributed by atoms with Crippen LogP contribution in [0.25, 0.3) is 22.8 Å². The van der Waals surface area contributed by atoms with E-state index in [-0.39, 0.29) is 11.9 Å². The van der Waals surface area contributed by atoms with E-state index >= 15 is 0 Å². The van der Waals surface area contributed by atoms with E-state index in [9.17, 15) is 4.79 Å². The molecule has 156 valence electrons. The number of aromatic nitrogens is 4. The smallest absolute Gasteiger partial charge is 0.259 e. The number of hydrogen-bond acceptors (Lipinski definition) is 5. The normalized spacial score (nSPS) is 16.1. The predicted octanol–water partition coefficient (Wildman–Crippen LogP) is 4.30. The molecule has 7 nitrogen and oxygen atoms in total. The number of carbonyl (C=O) groups excluding carboxylic acids is 1. The third-order valence-electron chi connectivity index (χ3n) is 5.69. The van der Waals surface area contributed by atoms with Gasteiger partial charge in [-0.1, -0.05) is 47.6 Å². The summed E-state index contributed by atoms with van der Waals surface area (Å²) in [4.78, 5) is 19.8. The van der Waals surface area contributed by atoms with Crippen LogP contribution in [0.1, 0.15) is 34.2 Å². The first-order valence-corrected chi connectivity index (χ1v) is 10.4. The Bertz CT molecular complexity index is 1230. The fourth-order valence-electron chi connectivity index (χ4n) is 4.21. The van der Waals surface area contributed by atoms with Gasteiger partial charge in [0.25, 0.3) is 11.8 Å². The monoisotopic (exact) mass is 413 g/mol. The van der Waals surface area contributed by atoms with Crippen LogP contribution in [-0.4, -0.2) is 43.8 Å². The summed E-state index contributed by atoms with van der Waals surface area (Å²) in [5, 5.41) is 8.70. The van der Waals surface area contributed by atoms with Gasteiger partial charge in [-0.05, 0) is 38.5 Å². The van der Waals surface area contributed by atoms with Crippen LogP contribution in [0, 0.1) is 13.8 Å². The molecule has 0 bridgehead atoms. The maximum absolute atomic E-state index is 13.4. The maximum Gasteiger partial charge on any atom is 0.259 e. The van der Waals surface area contributed by atoms with Crippen molar-refractivity contribution in [2.24, 2.45) is 0 Å². The van der Waals surface area contributed by atoms with Crippen LogP contribution in [0.3, 0.4) is 0 Å². The van der Waals surface area contributed by atoms with Gasteiger partial charge in [0.1, 0.15) is 0 Å². The number of likely N-dealkylation sites (tertiary alicyclic amines) is 1. The molecule has 0 spiro atoms. The molecule has 1 atom stereocenters. The van der Waals surface area contributed by atoms with Gasteiger partial charge in [-0.2, -0.15) is 10.1 Å². The minimum Gasteiger partial charge on any atom is -0.336 e. The lowest BCUT2D eigenvalue weighted by atomic mass is 10.1. The van der Waals surface area contributed by atoms with Crippen molar-refractivity contribution >= 4 is 5.91 Å². The highest BCUT2D eigenvalue weighted by Gasteiger charge is 2.31. The molecule has 1 fully saturated rings. The first-order valence-electron chi connectivity index (χ1n) is 10.4. The van der Waals surface area contributed by atoms with Crippen molar-refractivity contribution in [3.05, 3.63) is 77.6 Å². The van der Waals surface area contributed by atoms with Gasteiger partial charge >= 0.3 is 0 Å². The first-order chi connectivity index (χ1) is 15.1. The Kier molecular flexibility index (Phi) is 4.86. The van der Waals surface area contributed by atoms with Crippen molar-refractivity contribution < 1.29 is 9.32 Å². The molecule has 0 saturated carbocycles. The second kappa shape index (κ2) is 7.83. The third kappa shape index (κ3) is 3.63. The minimum absolute atomic E-state index is 0.0286. The fourth-order valence-corrected chi connectivity index (χ4v) is 4.21. The lowest BCUT2D eigenvalue weighted by Crippen LogP contribution is -2.29. The topological polar surface area (TPSA) is 77.0 Å². The van der Waals surface area contributed by atoms with Crippen LogP contribution < -0.4 is 0 Å². The van der Waals surface area contributed by atoms with Gasteiger partial charge in [0.15, 0.2) is 0 Å². The second-order valence-electron chi connectivity index (χ2n) is 7.90. The summed E-state index contributed by atoms with van der Waals surface area (Å²) in [5.74, 6) is 0.819. The van der Waals surface area contributed by atoms with Gasteiger partial charge < -0.3 is 9.42 Å². The first kappa shape index (κ1) is 19.2. The maximum atomic E-state index is 13.4. The SMILES string of the molecule is Cc1cc(C)n(C2CCN(C(=O)c3ccccc3-c3nc(-c4ccccc4)no3)C2)n1. The average molecular weight is 413 g/mol. The summed E-state index contributed by atoms with van der Waals surface area (Å²) < 4.78 is 7.56. The van der Waals surface area contributed by atoms with Crippen molar-refractivity contribution in [3.63, 3.8) is 0 Å². The highest BCUT2D eigenvalue weighted by atomic mass is 16.5. The van der Waals surface area contributed by atoms with Gasteiger partial charge in [0, 0.05) is 24.3 Å². The van der Waals surface area contributed by atoms with E-state index in [4.69, 9.17) is 4.52 Å². The molecule has 0 aliphatic carbocycles. The number of amides is 1. The van der Waals surface area contributed by atoms with Crippen molar-refractivity contribution in [2.45, 2.75) is 26.3 Å². The zero-order valence-corrected chi connectivity index (χ0v) is 17.5. The Morgan fingerprint density at radius 1 is 1.06 bits per heavy atom. The molecule has 7 heteroatoms. The summed E-state index contributed by atoms with van der Waals surface area (Å²) in [6.45, 7) is 5.37. The van der Waals surface area contributed by atoms with Crippen LogP contribution in [0.15, 0.2) is 65.2 Å². The quantitative estimate of drug-likeness (QED) is 0.498. The molecule has 1 aliphatic rings. The van der Waals surface area contributed by atoms with Crippen molar-refractivity contribution in [1.82, 2.24) is 24.8 Å². The van der Waals surface area contributed by atoms with Crippen molar-refractivity contribution in [3.8, 4) is 22.8 Å². The summed E-state index contributed by atoms with van der Waals surface area (Å²) >= 11 is 0. The molecule has 2 aromatic heterocycles. The van der Waals surface area contributed by atoms with E-state index in [0.717, 1.165) is 23.4 Å². The van der Waals surface area contributed by atoms with E-state index in [1.807, 2.05) is 71.1 Å². The molecule has 3 heterocycles. The van der Waals surface area contributed by atoms with Crippen molar-refractivity contribution in [2.75, 3.05) is 13.1 Å². The van der Waals surface area contributed by atoms with Crippen LogP contribution >= 0.6 is 0 Å². The molecule has 1 saturated heterocycles. The Labute approximate surface area is 180 Å². The predicted molar refractivity (Wildman–Crippen MR) is 116 cm³/mol. The Morgan fingerprint density at radius 2 is 1.84 bits per heavy atom. The molecule has 5 rings (SSSR count). The molecular formula is C24H23N5O2. The lowest BCUT2D eigenvalue weighted by Gasteiger charge is -2.18. The van der Waals surface area contributed by atoms with E-state index < -0.39 is 0 Å². The van der Waals surface area contributed by atoms with E-state index in [2.05, 4.69) is 28.2 Å². The molecule has 1 unspecified atom stereocenters. The summed E-state index contributed by atoms with van der Waals surface area (Å²) in [5.41, 5.74) is 4.21. The summed E-state index contributed by atoms with van der Waals surface area (Å²) in [6, 6.07) is 19.3. The summed E-state index contributed by atoms with van der Waals surface area (Å²) in [6.07, 6.45) is 0.884. The minimum atomic E-state index is -0.0286. The summed E-state index contributed by atoms with van der Waals surface area (Å²) in [7, 11) is 0. The molecule has 31 heavy (non-hydrogen) atoms. The highest BCUT2D eigenvalue weighted by Crippen LogP contribution is 2.29. The van der Waals surface area contributed by atoms with Gasteiger partial charge in [-0.15, -0.1) is 0 Å². The molecular weight excluding hydrogens is 390 g/mol. The Hall–Kier alpha value is -3.74. The standard InChI is InChI=1S/C24H23N5O2/c1-16-14-17(2)29(26-16)19-12-13-28(15-19)24(30)21-11-7-6-10-20(21)23-25-22(27-31-23)18-8-4-3-5-9-18/h3-11,14,19H,12-13,15H2,1-2H3. The highest BCUT2D eigenvalue weighted by molar-refractivity contribution is 6.00. The lowest BCUT2D eigenvalue weighted by molar-refractivity contribution is 0.0787. The molecule has 1 aliphatic heterocycles. The number of aryl methyl sites for hydroxylation is 2. The Balaban J connectivity index is 1.40. The third-order valence-corrected chi connectivity index (χ3v) is 5.69. The zero-order valence-electron chi connectivity index (χ0n) is 17.5. The molecule has 4 aromatic rings. The largest absolute Gasteiger partial charge is 0.336 e. The second-order valence-corrected chi connectivity index (χ2v) is 7.90. The fraction of sp³-hybridized carbons (Fsp3) is 0.250. The van der Waals surface area contributed by atoms with Crippen LogP contribution in [0.5, 0.6) is 0 Å². The zero-order chi connectivity index (χ0) is 21.4. The van der Waals surface area contributed by atoms with E-state index in [1.54, 1.807) is 0 Å². The number of rotatable bonds is 4. The van der Waals surface area contributed by atoms with Gasteiger partial charge in [-0.3, -0.25) is 9.48 Å². The van der Waals surface area contributed by atoms with Gasteiger partial charge in [-0.25, -0.2) is 0 Å². The number of benzene rings is 2. The number of nitrogens with zero attached hydrogens (tertiary/aromatic N) is 5. The van der Waals surface area contributed by atoms with Crippen LogP contribution in [-0.2, 0) is 0 Å². The van der Waals surface area contributed by atoms with Crippen LogP contribution in [0.4, 0.5) is 0 Å². The van der Waals surface area contributed by atoms with Gasteiger partial charge in [0.2, 0.25) is 5.82 Å².